The molecule has 0 fully saturated rings. The van der Waals surface area contributed by atoms with Gasteiger partial charge in [0, 0.05) is 5.69 Å². The van der Waals surface area contributed by atoms with Crippen molar-refractivity contribution in [3.63, 3.8) is 0 Å². The van der Waals surface area contributed by atoms with Crippen LogP contribution in [0.15, 0.2) is 78.0 Å². The van der Waals surface area contributed by atoms with Crippen LogP contribution in [0.5, 0.6) is 5.75 Å². The minimum atomic E-state index is -0.447. The summed E-state index contributed by atoms with van der Waals surface area (Å²) >= 11 is 1.40. The van der Waals surface area contributed by atoms with Crippen LogP contribution in [-0.4, -0.2) is 26.0 Å². The van der Waals surface area contributed by atoms with Crippen LogP contribution in [0.3, 0.4) is 0 Å². The Morgan fingerprint density at radius 3 is 2.51 bits per heavy atom. The summed E-state index contributed by atoms with van der Waals surface area (Å²) in [6.45, 7) is 6.32. The molecule has 1 aliphatic rings. The number of rotatable bonds is 6. The number of hydrogen-bond donors (Lipinski definition) is 2. The highest BCUT2D eigenvalue weighted by molar-refractivity contribution is 8.00. The van der Waals surface area contributed by atoms with Gasteiger partial charge in [0.15, 0.2) is 5.82 Å². The van der Waals surface area contributed by atoms with Crippen molar-refractivity contribution < 1.29 is 9.53 Å². The maximum absolute atomic E-state index is 13.6. The number of carbonyl (C=O) groups excluding carboxylic acids is 1. The molecular weight excluding hydrogens is 458 g/mol. The van der Waals surface area contributed by atoms with Crippen molar-refractivity contribution >= 4 is 23.4 Å². The van der Waals surface area contributed by atoms with E-state index in [0.717, 1.165) is 33.7 Å². The zero-order valence-electron chi connectivity index (χ0n) is 19.9. The van der Waals surface area contributed by atoms with E-state index < -0.39 is 5.25 Å². The Bertz CT molecular complexity index is 1340. The van der Waals surface area contributed by atoms with Crippen LogP contribution in [0.25, 0.3) is 0 Å². The van der Waals surface area contributed by atoms with E-state index in [1.54, 1.807) is 0 Å². The van der Waals surface area contributed by atoms with Gasteiger partial charge >= 0.3 is 0 Å². The average molecular weight is 486 g/mol. The molecule has 2 unspecified atom stereocenters. The number of hydrogen-bond acceptors (Lipinski definition) is 6. The Morgan fingerprint density at radius 2 is 1.74 bits per heavy atom. The number of para-hydroxylation sites is 1. The molecule has 35 heavy (non-hydrogen) atoms. The molecule has 8 heteroatoms. The summed E-state index contributed by atoms with van der Waals surface area (Å²) in [5, 5.41) is 12.0. The van der Waals surface area contributed by atoms with E-state index in [2.05, 4.69) is 52.1 Å². The molecular formula is C27H27N5O2S. The van der Waals surface area contributed by atoms with Crippen molar-refractivity contribution in [2.24, 2.45) is 0 Å². The third-order valence-corrected chi connectivity index (χ3v) is 7.18. The zero-order chi connectivity index (χ0) is 24.4. The van der Waals surface area contributed by atoms with Gasteiger partial charge in [0.25, 0.3) is 0 Å². The van der Waals surface area contributed by atoms with E-state index in [4.69, 9.17) is 4.74 Å². The minimum absolute atomic E-state index is 0.0851. The van der Waals surface area contributed by atoms with Crippen molar-refractivity contribution in [3.05, 3.63) is 101 Å². The van der Waals surface area contributed by atoms with Gasteiger partial charge in [-0.2, -0.15) is 0 Å². The average Bonchev–Trinajstić information content (AvgIpc) is 3.27. The number of nitrogens with one attached hydrogen (secondary N) is 2. The van der Waals surface area contributed by atoms with Gasteiger partial charge in [-0.3, -0.25) is 4.79 Å². The van der Waals surface area contributed by atoms with Crippen LogP contribution in [0.2, 0.25) is 0 Å². The number of carbonyl (C=O) groups is 1. The van der Waals surface area contributed by atoms with E-state index in [1.807, 2.05) is 67.1 Å². The molecule has 1 amide bonds. The number of anilines is 1. The molecule has 178 valence electrons. The van der Waals surface area contributed by atoms with Crippen LogP contribution in [0, 0.1) is 20.8 Å². The van der Waals surface area contributed by atoms with Crippen molar-refractivity contribution in [1.29, 1.82) is 0 Å². The van der Waals surface area contributed by atoms with Gasteiger partial charge < -0.3 is 15.5 Å². The Hall–Kier alpha value is -3.78. The Labute approximate surface area is 208 Å². The largest absolute Gasteiger partial charge is 0.486 e. The first-order chi connectivity index (χ1) is 17.0. The quantitative estimate of drug-likeness (QED) is 0.392. The molecule has 0 spiro atoms. The zero-order valence-corrected chi connectivity index (χ0v) is 20.7. The van der Waals surface area contributed by atoms with E-state index in [-0.39, 0.29) is 18.6 Å². The van der Waals surface area contributed by atoms with E-state index in [0.29, 0.717) is 11.0 Å². The van der Waals surface area contributed by atoms with Crippen molar-refractivity contribution in [1.82, 2.24) is 14.9 Å². The molecule has 2 N–H and O–H groups in total. The van der Waals surface area contributed by atoms with Crippen molar-refractivity contribution in [2.45, 2.75) is 43.8 Å². The summed E-state index contributed by atoms with van der Waals surface area (Å²) in [7, 11) is 0. The summed E-state index contributed by atoms with van der Waals surface area (Å²) in [5.41, 5.74) is 8.60. The van der Waals surface area contributed by atoms with Gasteiger partial charge in [-0.15, -0.1) is 10.2 Å². The monoisotopic (exact) mass is 485 g/mol. The molecule has 0 saturated carbocycles. The standard InChI is InChI=1S/C27H27N5O2S/c1-17-10-13-20(14-11-17)24-25(26(33)28-22-15-18(2)9-12-19(22)3)35-27-30-29-23(32(27)31-24)16-34-21-7-5-4-6-8-21/h4-15,24-25,31H,16H2,1-3H3,(H,28,33). The molecule has 0 bridgehead atoms. The first-order valence-electron chi connectivity index (χ1n) is 11.5. The SMILES string of the molecule is Cc1ccc(C2Nn3c(COc4ccccc4)nnc3SC2C(=O)Nc2cc(C)ccc2C)cc1. The molecule has 7 nitrogen and oxygen atoms in total. The summed E-state index contributed by atoms with van der Waals surface area (Å²) in [6.07, 6.45) is 0. The first-order valence-corrected chi connectivity index (χ1v) is 12.4. The lowest BCUT2D eigenvalue weighted by molar-refractivity contribution is -0.116. The molecule has 2 heterocycles. The fraction of sp³-hybridized carbons (Fsp3) is 0.222. The second-order valence-corrected chi connectivity index (χ2v) is 9.81. The summed E-state index contributed by atoms with van der Waals surface area (Å²) in [4.78, 5) is 13.6. The summed E-state index contributed by atoms with van der Waals surface area (Å²) in [5.74, 6) is 1.31. The number of aromatic nitrogens is 3. The lowest BCUT2D eigenvalue weighted by Crippen LogP contribution is -2.41. The normalized spacial score (nSPS) is 16.8. The Kier molecular flexibility index (Phi) is 6.46. The molecule has 1 aromatic heterocycles. The predicted octanol–water partition coefficient (Wildman–Crippen LogP) is 5.18. The van der Waals surface area contributed by atoms with Gasteiger partial charge in [0.05, 0.1) is 6.04 Å². The van der Waals surface area contributed by atoms with Gasteiger partial charge in [-0.1, -0.05) is 71.9 Å². The number of fused-ring (bicyclic) bond motifs is 1. The van der Waals surface area contributed by atoms with Crippen LogP contribution in [-0.2, 0) is 11.4 Å². The number of ether oxygens (including phenoxy) is 1. The topological polar surface area (TPSA) is 81.1 Å². The summed E-state index contributed by atoms with van der Waals surface area (Å²) in [6, 6.07) is 23.6. The van der Waals surface area contributed by atoms with E-state index >= 15 is 0 Å². The number of nitrogens with zero attached hydrogens (tertiary/aromatic N) is 3. The number of aryl methyl sites for hydroxylation is 3. The van der Waals surface area contributed by atoms with Crippen LogP contribution < -0.4 is 15.5 Å². The molecule has 5 rings (SSSR count). The molecule has 2 atom stereocenters. The fourth-order valence-electron chi connectivity index (χ4n) is 3.96. The summed E-state index contributed by atoms with van der Waals surface area (Å²) < 4.78 is 7.73. The molecule has 0 saturated heterocycles. The van der Waals surface area contributed by atoms with Crippen molar-refractivity contribution in [3.8, 4) is 5.75 Å². The number of amides is 1. The van der Waals surface area contributed by atoms with E-state index in [9.17, 15) is 4.79 Å². The van der Waals surface area contributed by atoms with Crippen LogP contribution in [0.4, 0.5) is 5.69 Å². The minimum Gasteiger partial charge on any atom is -0.486 e. The van der Waals surface area contributed by atoms with Gasteiger partial charge in [-0.05, 0) is 55.7 Å². The Balaban J connectivity index is 1.43. The van der Waals surface area contributed by atoms with Gasteiger partial charge in [0.1, 0.15) is 17.6 Å². The third kappa shape index (κ3) is 5.02. The lowest BCUT2D eigenvalue weighted by atomic mass is 10.0. The highest BCUT2D eigenvalue weighted by Gasteiger charge is 2.38. The van der Waals surface area contributed by atoms with Crippen LogP contribution >= 0.6 is 11.8 Å². The molecule has 4 aromatic rings. The van der Waals surface area contributed by atoms with E-state index in [1.165, 1.54) is 11.8 Å². The molecule has 3 aromatic carbocycles. The van der Waals surface area contributed by atoms with Crippen LogP contribution in [0.1, 0.15) is 34.1 Å². The maximum atomic E-state index is 13.6. The highest BCUT2D eigenvalue weighted by Crippen LogP contribution is 2.38. The fourth-order valence-corrected chi connectivity index (χ4v) is 5.05. The lowest BCUT2D eigenvalue weighted by Gasteiger charge is -2.33. The molecule has 1 aliphatic heterocycles. The third-order valence-electron chi connectivity index (χ3n) is 5.96. The predicted molar refractivity (Wildman–Crippen MR) is 138 cm³/mol. The molecule has 0 radical (unpaired) electrons. The number of benzene rings is 3. The molecule has 0 aliphatic carbocycles. The first kappa shape index (κ1) is 23.0. The van der Waals surface area contributed by atoms with Gasteiger partial charge in [-0.25, -0.2) is 4.68 Å². The van der Waals surface area contributed by atoms with Gasteiger partial charge in [0.2, 0.25) is 11.1 Å². The van der Waals surface area contributed by atoms with Crippen molar-refractivity contribution in [2.75, 3.05) is 10.7 Å². The maximum Gasteiger partial charge on any atom is 0.240 e. The smallest absolute Gasteiger partial charge is 0.240 e. The highest BCUT2D eigenvalue weighted by atomic mass is 32.2. The Morgan fingerprint density at radius 1 is 1.00 bits per heavy atom. The number of thioether (sulfide) groups is 1. The second-order valence-electron chi connectivity index (χ2n) is 8.70. The second kappa shape index (κ2) is 9.84.